The summed E-state index contributed by atoms with van der Waals surface area (Å²) in [5.41, 5.74) is 1.44. The van der Waals surface area contributed by atoms with Crippen molar-refractivity contribution in [1.82, 2.24) is 19.3 Å². The highest BCUT2D eigenvalue weighted by molar-refractivity contribution is 5.79. The minimum Gasteiger partial charge on any atom is -0.465 e. The fourth-order valence-corrected chi connectivity index (χ4v) is 2.79. The summed E-state index contributed by atoms with van der Waals surface area (Å²) in [7, 11) is 1.50. The number of esters is 1. The van der Waals surface area contributed by atoms with E-state index in [1.165, 1.54) is 11.7 Å². The Bertz CT molecular complexity index is 992. The van der Waals surface area contributed by atoms with Gasteiger partial charge in [0.05, 0.1) is 18.0 Å². The largest absolute Gasteiger partial charge is 0.465 e. The zero-order chi connectivity index (χ0) is 18.7. The molecule has 0 aliphatic rings. The lowest BCUT2D eigenvalue weighted by Gasteiger charge is -2.12. The molecule has 0 bridgehead atoms. The first-order valence-corrected chi connectivity index (χ1v) is 8.25. The number of aryl methyl sites for hydroxylation is 1. The average molecular weight is 356 g/mol. The first-order chi connectivity index (χ1) is 12.6. The van der Waals surface area contributed by atoms with Gasteiger partial charge in [0.1, 0.15) is 24.4 Å². The molecule has 3 rings (SSSR count). The fourth-order valence-electron chi connectivity index (χ4n) is 2.79. The van der Waals surface area contributed by atoms with Crippen molar-refractivity contribution in [2.24, 2.45) is 0 Å². The topological polar surface area (TPSA) is 88.2 Å². The molecular weight excluding hydrogens is 336 g/mol. The third-order valence-corrected chi connectivity index (χ3v) is 3.91. The molecule has 0 aliphatic carbocycles. The number of hydrogen-bond donors (Lipinski definition) is 0. The Morgan fingerprint density at radius 2 is 1.96 bits per heavy atom. The summed E-state index contributed by atoms with van der Waals surface area (Å²) >= 11 is 0. The second-order valence-corrected chi connectivity index (χ2v) is 5.69. The maximum atomic E-state index is 13.0. The minimum absolute atomic E-state index is 0.0869. The third kappa shape index (κ3) is 3.23. The van der Waals surface area contributed by atoms with E-state index in [0.29, 0.717) is 22.6 Å². The van der Waals surface area contributed by atoms with Crippen LogP contribution in [0.1, 0.15) is 18.4 Å². The third-order valence-electron chi connectivity index (χ3n) is 3.91. The molecule has 0 amide bonds. The van der Waals surface area contributed by atoms with Crippen molar-refractivity contribution in [3.05, 3.63) is 52.2 Å². The van der Waals surface area contributed by atoms with Gasteiger partial charge in [-0.25, -0.2) is 9.67 Å². The van der Waals surface area contributed by atoms with E-state index in [2.05, 4.69) is 10.1 Å². The molecule has 0 N–H and O–H groups in total. The van der Waals surface area contributed by atoms with Gasteiger partial charge in [0, 0.05) is 7.11 Å². The van der Waals surface area contributed by atoms with Crippen LogP contribution in [-0.4, -0.2) is 39.0 Å². The zero-order valence-corrected chi connectivity index (χ0v) is 14.9. The molecule has 0 radical (unpaired) electrons. The van der Waals surface area contributed by atoms with E-state index < -0.39 is 5.97 Å². The van der Waals surface area contributed by atoms with Crippen molar-refractivity contribution in [3.63, 3.8) is 0 Å². The molecule has 2 aromatic heterocycles. The van der Waals surface area contributed by atoms with Crippen LogP contribution in [0.5, 0.6) is 0 Å². The monoisotopic (exact) mass is 356 g/mol. The Labute approximate surface area is 150 Å². The van der Waals surface area contributed by atoms with Gasteiger partial charge in [0.15, 0.2) is 5.65 Å². The van der Waals surface area contributed by atoms with Crippen LogP contribution in [0.4, 0.5) is 0 Å². The number of methoxy groups -OCH3 is 1. The quantitative estimate of drug-likeness (QED) is 0.624. The molecule has 0 unspecified atom stereocenters. The number of hydrogen-bond acceptors (Lipinski definition) is 6. The molecule has 3 aromatic rings. The molecule has 8 nitrogen and oxygen atoms in total. The van der Waals surface area contributed by atoms with Crippen molar-refractivity contribution < 1.29 is 14.3 Å². The minimum atomic E-state index is -0.499. The van der Waals surface area contributed by atoms with Gasteiger partial charge in [-0.1, -0.05) is 18.2 Å². The summed E-state index contributed by atoms with van der Waals surface area (Å²) in [4.78, 5) is 29.5. The highest BCUT2D eigenvalue weighted by atomic mass is 16.5. The van der Waals surface area contributed by atoms with E-state index in [0.717, 1.165) is 5.69 Å². The number of aromatic nitrogens is 4. The molecule has 2 heterocycles. The lowest BCUT2D eigenvalue weighted by Crippen LogP contribution is -2.30. The Kier molecular flexibility index (Phi) is 5.13. The number of carbonyl (C=O) groups excluding carboxylic acids is 1. The number of fused-ring (bicyclic) bond motifs is 1. The second kappa shape index (κ2) is 7.49. The Hall–Kier alpha value is -3.00. The second-order valence-electron chi connectivity index (χ2n) is 5.69. The van der Waals surface area contributed by atoms with E-state index >= 15 is 0 Å². The lowest BCUT2D eigenvalue weighted by atomic mass is 10.3. The Balaban J connectivity index is 2.23. The summed E-state index contributed by atoms with van der Waals surface area (Å²) < 4.78 is 13.0. The molecular formula is C18H20N4O4. The van der Waals surface area contributed by atoms with E-state index in [1.54, 1.807) is 18.5 Å². The molecule has 26 heavy (non-hydrogen) atoms. The van der Waals surface area contributed by atoms with Crippen LogP contribution in [0.25, 0.3) is 16.7 Å². The van der Waals surface area contributed by atoms with Crippen LogP contribution in [0, 0.1) is 6.92 Å². The number of nitrogens with zero attached hydrogens (tertiary/aromatic N) is 4. The molecule has 136 valence electrons. The summed E-state index contributed by atoms with van der Waals surface area (Å²) in [5.74, 6) is -0.156. The summed E-state index contributed by atoms with van der Waals surface area (Å²) in [5, 5.41) is 4.84. The van der Waals surface area contributed by atoms with Crippen LogP contribution >= 0.6 is 0 Å². The van der Waals surface area contributed by atoms with Gasteiger partial charge in [-0.2, -0.15) is 5.10 Å². The van der Waals surface area contributed by atoms with Gasteiger partial charge in [-0.05, 0) is 26.0 Å². The number of ether oxygens (including phenoxy) is 2. The van der Waals surface area contributed by atoms with Crippen LogP contribution in [0.2, 0.25) is 0 Å². The SMILES string of the molecule is CCOC(=O)Cn1c(COC)nc2c(c(C)nn2-c2ccccc2)c1=O. The number of carbonyl (C=O) groups is 1. The average Bonchev–Trinajstić information content (AvgIpc) is 2.96. The predicted molar refractivity (Wildman–Crippen MR) is 95.2 cm³/mol. The summed E-state index contributed by atoms with van der Waals surface area (Å²) in [6.45, 7) is 3.57. The van der Waals surface area contributed by atoms with E-state index in [4.69, 9.17) is 9.47 Å². The maximum Gasteiger partial charge on any atom is 0.326 e. The first kappa shape index (κ1) is 17.8. The molecule has 0 spiro atoms. The van der Waals surface area contributed by atoms with E-state index in [1.807, 2.05) is 30.3 Å². The van der Waals surface area contributed by atoms with Crippen molar-refractivity contribution >= 4 is 17.0 Å². The van der Waals surface area contributed by atoms with E-state index in [9.17, 15) is 9.59 Å². The summed E-state index contributed by atoms with van der Waals surface area (Å²) in [6.07, 6.45) is 0. The van der Waals surface area contributed by atoms with Crippen molar-refractivity contribution in [1.29, 1.82) is 0 Å². The lowest BCUT2D eigenvalue weighted by molar-refractivity contribution is -0.143. The van der Waals surface area contributed by atoms with Crippen LogP contribution < -0.4 is 5.56 Å². The molecule has 1 aromatic carbocycles. The van der Waals surface area contributed by atoms with Gasteiger partial charge in [-0.15, -0.1) is 0 Å². The highest BCUT2D eigenvalue weighted by Crippen LogP contribution is 2.18. The van der Waals surface area contributed by atoms with Crippen LogP contribution in [-0.2, 0) is 27.4 Å². The normalized spacial score (nSPS) is 11.0. The van der Waals surface area contributed by atoms with Gasteiger partial charge in [0.2, 0.25) is 0 Å². The van der Waals surface area contributed by atoms with Crippen LogP contribution in [0.15, 0.2) is 35.1 Å². The molecule has 0 saturated heterocycles. The number of benzene rings is 1. The molecule has 0 atom stereocenters. The predicted octanol–water partition coefficient (Wildman–Crippen LogP) is 1.60. The van der Waals surface area contributed by atoms with Gasteiger partial charge in [0.25, 0.3) is 5.56 Å². The van der Waals surface area contributed by atoms with Gasteiger partial charge >= 0.3 is 5.97 Å². The first-order valence-electron chi connectivity index (χ1n) is 8.25. The maximum absolute atomic E-state index is 13.0. The molecule has 0 saturated carbocycles. The summed E-state index contributed by atoms with van der Waals surface area (Å²) in [6, 6.07) is 9.44. The van der Waals surface area contributed by atoms with E-state index in [-0.39, 0.29) is 25.3 Å². The smallest absolute Gasteiger partial charge is 0.326 e. The van der Waals surface area contributed by atoms with Gasteiger partial charge in [-0.3, -0.25) is 14.2 Å². The standard InChI is InChI=1S/C18H20N4O4/c1-4-26-15(23)10-21-14(11-25-3)19-17-16(18(21)24)12(2)20-22(17)13-8-6-5-7-9-13/h5-9H,4,10-11H2,1-3H3. The van der Waals surface area contributed by atoms with Gasteiger partial charge < -0.3 is 9.47 Å². The zero-order valence-electron chi connectivity index (χ0n) is 14.9. The van der Waals surface area contributed by atoms with Crippen molar-refractivity contribution in [2.75, 3.05) is 13.7 Å². The Morgan fingerprint density at radius 3 is 2.62 bits per heavy atom. The molecule has 8 heteroatoms. The van der Waals surface area contributed by atoms with Crippen LogP contribution in [0.3, 0.4) is 0 Å². The van der Waals surface area contributed by atoms with Crippen molar-refractivity contribution in [3.8, 4) is 5.69 Å². The number of rotatable bonds is 6. The highest BCUT2D eigenvalue weighted by Gasteiger charge is 2.20. The molecule has 0 fully saturated rings. The molecule has 0 aliphatic heterocycles. The Morgan fingerprint density at radius 1 is 1.23 bits per heavy atom. The fraction of sp³-hybridized carbons (Fsp3) is 0.333. The van der Waals surface area contributed by atoms with Crippen molar-refractivity contribution in [2.45, 2.75) is 27.0 Å². The number of para-hydroxylation sites is 1.